The summed E-state index contributed by atoms with van der Waals surface area (Å²) in [6.45, 7) is 3.91. The van der Waals surface area contributed by atoms with Crippen LogP contribution in [0.4, 0.5) is 0 Å². The minimum Gasteiger partial charge on any atom is -0.469 e. The standard InChI is InChI=1S/C9H18O3/c1-9(2,8(11)12-3)6-4-5-7-10/h10H,4-7H2,1-3H3. The van der Waals surface area contributed by atoms with Gasteiger partial charge >= 0.3 is 5.97 Å². The highest BCUT2D eigenvalue weighted by Crippen LogP contribution is 2.24. The molecule has 72 valence electrons. The molecule has 0 aromatic heterocycles. The zero-order chi connectivity index (χ0) is 9.61. The van der Waals surface area contributed by atoms with E-state index in [0.717, 1.165) is 19.3 Å². The van der Waals surface area contributed by atoms with Gasteiger partial charge < -0.3 is 9.84 Å². The number of carbonyl (C=O) groups is 1. The van der Waals surface area contributed by atoms with Crippen LogP contribution in [0.2, 0.25) is 0 Å². The van der Waals surface area contributed by atoms with Crippen molar-refractivity contribution in [2.24, 2.45) is 5.41 Å². The van der Waals surface area contributed by atoms with Crippen molar-refractivity contribution in [3.63, 3.8) is 0 Å². The monoisotopic (exact) mass is 174 g/mol. The van der Waals surface area contributed by atoms with E-state index in [9.17, 15) is 4.79 Å². The Bertz CT molecular complexity index is 141. The lowest BCUT2D eigenvalue weighted by Gasteiger charge is -2.20. The molecule has 0 heterocycles. The number of hydrogen-bond acceptors (Lipinski definition) is 3. The van der Waals surface area contributed by atoms with Crippen LogP contribution in [0.5, 0.6) is 0 Å². The van der Waals surface area contributed by atoms with Crippen molar-refractivity contribution in [3.05, 3.63) is 0 Å². The predicted molar refractivity (Wildman–Crippen MR) is 46.7 cm³/mol. The lowest BCUT2D eigenvalue weighted by atomic mass is 9.87. The van der Waals surface area contributed by atoms with Crippen LogP contribution in [0.15, 0.2) is 0 Å². The number of carbonyl (C=O) groups excluding carboxylic acids is 1. The fourth-order valence-corrected chi connectivity index (χ4v) is 1.06. The average Bonchev–Trinajstić information content (AvgIpc) is 2.03. The van der Waals surface area contributed by atoms with Crippen molar-refractivity contribution in [1.29, 1.82) is 0 Å². The van der Waals surface area contributed by atoms with Crippen LogP contribution in [-0.4, -0.2) is 24.8 Å². The molecule has 1 N–H and O–H groups in total. The summed E-state index contributed by atoms with van der Waals surface area (Å²) in [7, 11) is 1.40. The Labute approximate surface area is 73.7 Å². The number of hydrogen-bond donors (Lipinski definition) is 1. The van der Waals surface area contributed by atoms with Crippen LogP contribution in [0.3, 0.4) is 0 Å². The number of aliphatic hydroxyl groups excluding tert-OH is 1. The van der Waals surface area contributed by atoms with Crippen molar-refractivity contribution < 1.29 is 14.6 Å². The zero-order valence-electron chi connectivity index (χ0n) is 8.09. The third-order valence-corrected chi connectivity index (χ3v) is 1.95. The van der Waals surface area contributed by atoms with E-state index in [4.69, 9.17) is 5.11 Å². The number of ether oxygens (including phenoxy) is 1. The van der Waals surface area contributed by atoms with E-state index < -0.39 is 5.41 Å². The van der Waals surface area contributed by atoms with E-state index in [0.29, 0.717) is 0 Å². The van der Waals surface area contributed by atoms with Gasteiger partial charge in [0.1, 0.15) is 0 Å². The first kappa shape index (κ1) is 11.4. The van der Waals surface area contributed by atoms with Crippen molar-refractivity contribution in [2.45, 2.75) is 33.1 Å². The largest absolute Gasteiger partial charge is 0.469 e. The summed E-state index contributed by atoms with van der Waals surface area (Å²) in [4.78, 5) is 11.1. The molecular formula is C9H18O3. The molecule has 0 saturated carbocycles. The maximum absolute atomic E-state index is 11.1. The molecule has 0 aromatic rings. The van der Waals surface area contributed by atoms with Crippen LogP contribution in [-0.2, 0) is 9.53 Å². The lowest BCUT2D eigenvalue weighted by Crippen LogP contribution is -2.25. The summed E-state index contributed by atoms with van der Waals surface area (Å²) in [5, 5.41) is 8.54. The van der Waals surface area contributed by atoms with Gasteiger partial charge in [-0.3, -0.25) is 4.79 Å². The first-order valence-electron chi connectivity index (χ1n) is 4.24. The Morgan fingerprint density at radius 2 is 2.00 bits per heavy atom. The molecule has 0 spiro atoms. The van der Waals surface area contributed by atoms with E-state index in [1.807, 2.05) is 13.8 Å². The van der Waals surface area contributed by atoms with Crippen LogP contribution >= 0.6 is 0 Å². The molecule has 12 heavy (non-hydrogen) atoms. The fraction of sp³-hybridized carbons (Fsp3) is 0.889. The smallest absolute Gasteiger partial charge is 0.311 e. The molecule has 3 nitrogen and oxygen atoms in total. The van der Waals surface area contributed by atoms with Gasteiger partial charge in [0.15, 0.2) is 0 Å². The van der Waals surface area contributed by atoms with E-state index >= 15 is 0 Å². The molecule has 0 aromatic carbocycles. The lowest BCUT2D eigenvalue weighted by molar-refractivity contribution is -0.151. The Morgan fingerprint density at radius 1 is 1.42 bits per heavy atom. The normalized spacial score (nSPS) is 11.3. The highest BCUT2D eigenvalue weighted by molar-refractivity contribution is 5.75. The first-order valence-corrected chi connectivity index (χ1v) is 4.24. The second kappa shape index (κ2) is 5.14. The summed E-state index contributed by atoms with van der Waals surface area (Å²) in [6.07, 6.45) is 2.37. The average molecular weight is 174 g/mol. The molecule has 0 atom stereocenters. The van der Waals surface area contributed by atoms with Gasteiger partial charge in [-0.2, -0.15) is 0 Å². The van der Waals surface area contributed by atoms with Gasteiger partial charge in [-0.25, -0.2) is 0 Å². The SMILES string of the molecule is COC(=O)C(C)(C)CCCCO. The van der Waals surface area contributed by atoms with E-state index in [1.54, 1.807) is 0 Å². The first-order chi connectivity index (χ1) is 5.54. The minimum atomic E-state index is -0.413. The van der Waals surface area contributed by atoms with E-state index in [1.165, 1.54) is 7.11 Å². The molecule has 0 bridgehead atoms. The third-order valence-electron chi connectivity index (χ3n) is 1.95. The number of unbranched alkanes of at least 4 members (excludes halogenated alkanes) is 1. The number of aliphatic hydroxyl groups is 1. The van der Waals surface area contributed by atoms with Gasteiger partial charge in [-0.05, 0) is 26.7 Å². The summed E-state index contributed by atoms with van der Waals surface area (Å²) >= 11 is 0. The zero-order valence-corrected chi connectivity index (χ0v) is 8.09. The number of rotatable bonds is 5. The highest BCUT2D eigenvalue weighted by atomic mass is 16.5. The number of methoxy groups -OCH3 is 1. The fourth-order valence-electron chi connectivity index (χ4n) is 1.06. The number of esters is 1. The molecule has 0 rings (SSSR count). The Balaban J connectivity index is 3.78. The Hall–Kier alpha value is -0.570. The minimum absolute atomic E-state index is 0.180. The van der Waals surface area contributed by atoms with Crippen LogP contribution in [0, 0.1) is 5.41 Å². The maximum Gasteiger partial charge on any atom is 0.311 e. The van der Waals surface area contributed by atoms with Crippen molar-refractivity contribution >= 4 is 5.97 Å². The van der Waals surface area contributed by atoms with Crippen molar-refractivity contribution in [2.75, 3.05) is 13.7 Å². The summed E-state index contributed by atoms with van der Waals surface area (Å²) in [5.74, 6) is -0.180. The van der Waals surface area contributed by atoms with E-state index in [2.05, 4.69) is 4.74 Å². The second-order valence-electron chi connectivity index (χ2n) is 3.56. The maximum atomic E-state index is 11.1. The Morgan fingerprint density at radius 3 is 2.42 bits per heavy atom. The summed E-state index contributed by atoms with van der Waals surface area (Å²) < 4.78 is 4.64. The predicted octanol–water partition coefficient (Wildman–Crippen LogP) is 1.35. The molecule has 0 radical (unpaired) electrons. The highest BCUT2D eigenvalue weighted by Gasteiger charge is 2.27. The molecular weight excluding hydrogens is 156 g/mol. The summed E-state index contributed by atoms with van der Waals surface area (Å²) in [5.41, 5.74) is -0.413. The van der Waals surface area contributed by atoms with Gasteiger partial charge in [0.25, 0.3) is 0 Å². The van der Waals surface area contributed by atoms with Crippen LogP contribution in [0.25, 0.3) is 0 Å². The van der Waals surface area contributed by atoms with Gasteiger partial charge in [-0.1, -0.05) is 6.42 Å². The van der Waals surface area contributed by atoms with Crippen LogP contribution < -0.4 is 0 Å². The molecule has 0 aliphatic heterocycles. The van der Waals surface area contributed by atoms with Gasteiger partial charge in [0, 0.05) is 6.61 Å². The van der Waals surface area contributed by atoms with Crippen LogP contribution in [0.1, 0.15) is 33.1 Å². The third kappa shape index (κ3) is 3.72. The van der Waals surface area contributed by atoms with Gasteiger partial charge in [-0.15, -0.1) is 0 Å². The quantitative estimate of drug-likeness (QED) is 0.505. The molecule has 0 amide bonds. The Kier molecular flexibility index (Phi) is 4.90. The van der Waals surface area contributed by atoms with E-state index in [-0.39, 0.29) is 12.6 Å². The molecule has 0 aliphatic carbocycles. The topological polar surface area (TPSA) is 46.5 Å². The van der Waals surface area contributed by atoms with Gasteiger partial charge in [0.05, 0.1) is 12.5 Å². The van der Waals surface area contributed by atoms with Crippen molar-refractivity contribution in [3.8, 4) is 0 Å². The molecule has 0 aliphatic rings. The second-order valence-corrected chi connectivity index (χ2v) is 3.56. The molecule has 3 heteroatoms. The molecule has 0 saturated heterocycles. The van der Waals surface area contributed by atoms with Gasteiger partial charge in [0.2, 0.25) is 0 Å². The molecule has 0 fully saturated rings. The van der Waals surface area contributed by atoms with Crippen molar-refractivity contribution in [1.82, 2.24) is 0 Å². The molecule has 0 unspecified atom stereocenters. The summed E-state index contributed by atoms with van der Waals surface area (Å²) in [6, 6.07) is 0.